The van der Waals surface area contributed by atoms with E-state index >= 15 is 0 Å². The van der Waals surface area contributed by atoms with Gasteiger partial charge in [-0.05, 0) is 54.1 Å². The zero-order valence-electron chi connectivity index (χ0n) is 11.7. The van der Waals surface area contributed by atoms with Crippen molar-refractivity contribution in [2.75, 3.05) is 6.54 Å². The Bertz CT molecular complexity index is 529. The van der Waals surface area contributed by atoms with Gasteiger partial charge in [0, 0.05) is 10.7 Å². The summed E-state index contributed by atoms with van der Waals surface area (Å²) >= 11 is 1.90. The van der Waals surface area contributed by atoms with Crippen molar-refractivity contribution in [3.8, 4) is 0 Å². The number of thiophene rings is 1. The Hall–Kier alpha value is -0.860. The van der Waals surface area contributed by atoms with Crippen molar-refractivity contribution in [2.45, 2.75) is 45.1 Å². The van der Waals surface area contributed by atoms with Gasteiger partial charge in [0.1, 0.15) is 0 Å². The molecule has 1 fully saturated rings. The summed E-state index contributed by atoms with van der Waals surface area (Å²) in [7, 11) is 0. The molecule has 0 saturated heterocycles. The number of fused-ring (bicyclic) bond motifs is 1. The number of benzene rings is 1. The summed E-state index contributed by atoms with van der Waals surface area (Å²) in [4.78, 5) is 0. The molecular formula is C17H23NS. The quantitative estimate of drug-likeness (QED) is 0.857. The molecule has 1 aromatic heterocycles. The lowest BCUT2D eigenvalue weighted by Crippen LogP contribution is -2.34. The highest BCUT2D eigenvalue weighted by Crippen LogP contribution is 2.32. The zero-order valence-corrected chi connectivity index (χ0v) is 12.5. The molecule has 1 aromatic carbocycles. The molecule has 0 radical (unpaired) electrons. The van der Waals surface area contributed by atoms with Crippen LogP contribution in [0.1, 0.15) is 38.2 Å². The minimum absolute atomic E-state index is 0.758. The van der Waals surface area contributed by atoms with Gasteiger partial charge in [0.2, 0.25) is 0 Å². The molecule has 0 aliphatic heterocycles. The number of rotatable bonds is 4. The van der Waals surface area contributed by atoms with Crippen LogP contribution in [0.15, 0.2) is 29.6 Å². The van der Waals surface area contributed by atoms with Crippen molar-refractivity contribution < 1.29 is 0 Å². The first kappa shape index (κ1) is 13.1. The first-order valence-corrected chi connectivity index (χ1v) is 8.43. The SMILES string of the molecule is CCNC1CCCC(Cc2csc3ccccc23)C1. The Morgan fingerprint density at radius 2 is 2.16 bits per heavy atom. The topological polar surface area (TPSA) is 12.0 Å². The largest absolute Gasteiger partial charge is 0.314 e. The summed E-state index contributed by atoms with van der Waals surface area (Å²) in [5.41, 5.74) is 1.57. The number of nitrogens with one attached hydrogen (secondary N) is 1. The van der Waals surface area contributed by atoms with Gasteiger partial charge in [-0.2, -0.15) is 0 Å². The fourth-order valence-corrected chi connectivity index (χ4v) is 4.43. The van der Waals surface area contributed by atoms with Crippen LogP contribution >= 0.6 is 11.3 Å². The van der Waals surface area contributed by atoms with E-state index in [9.17, 15) is 0 Å². The van der Waals surface area contributed by atoms with Crippen LogP contribution in [0, 0.1) is 5.92 Å². The summed E-state index contributed by atoms with van der Waals surface area (Å²) in [6, 6.07) is 9.59. The second-order valence-corrected chi connectivity index (χ2v) is 6.66. The molecule has 19 heavy (non-hydrogen) atoms. The van der Waals surface area contributed by atoms with Crippen LogP contribution in [0.5, 0.6) is 0 Å². The Labute approximate surface area is 120 Å². The van der Waals surface area contributed by atoms with Crippen molar-refractivity contribution in [1.82, 2.24) is 5.32 Å². The van der Waals surface area contributed by atoms with Gasteiger partial charge in [0.05, 0.1) is 0 Å². The van der Waals surface area contributed by atoms with Crippen molar-refractivity contribution in [2.24, 2.45) is 5.92 Å². The van der Waals surface area contributed by atoms with Gasteiger partial charge >= 0.3 is 0 Å². The second kappa shape index (κ2) is 6.06. The van der Waals surface area contributed by atoms with E-state index in [0.717, 1.165) is 18.5 Å². The van der Waals surface area contributed by atoms with Crippen LogP contribution in [-0.4, -0.2) is 12.6 Å². The van der Waals surface area contributed by atoms with Crippen LogP contribution in [0.4, 0.5) is 0 Å². The van der Waals surface area contributed by atoms with Gasteiger partial charge in [-0.3, -0.25) is 0 Å². The molecule has 0 bridgehead atoms. The third-order valence-electron chi connectivity index (χ3n) is 4.35. The van der Waals surface area contributed by atoms with Crippen LogP contribution in [-0.2, 0) is 6.42 Å². The molecule has 1 saturated carbocycles. The second-order valence-electron chi connectivity index (χ2n) is 5.75. The van der Waals surface area contributed by atoms with E-state index in [-0.39, 0.29) is 0 Å². The fraction of sp³-hybridized carbons (Fsp3) is 0.529. The lowest BCUT2D eigenvalue weighted by molar-refractivity contribution is 0.287. The van der Waals surface area contributed by atoms with E-state index in [1.807, 2.05) is 11.3 Å². The summed E-state index contributed by atoms with van der Waals surface area (Å²) in [5, 5.41) is 7.49. The Morgan fingerprint density at radius 1 is 1.26 bits per heavy atom. The van der Waals surface area contributed by atoms with Crippen molar-refractivity contribution in [1.29, 1.82) is 0 Å². The first-order valence-electron chi connectivity index (χ1n) is 7.55. The van der Waals surface area contributed by atoms with E-state index < -0.39 is 0 Å². The summed E-state index contributed by atoms with van der Waals surface area (Å²) in [5.74, 6) is 0.871. The Kier molecular flexibility index (Phi) is 4.19. The van der Waals surface area contributed by atoms with E-state index in [0.29, 0.717) is 0 Å². The average molecular weight is 273 g/mol. The molecule has 0 amide bonds. The molecule has 1 aliphatic rings. The molecule has 1 heterocycles. The molecule has 2 atom stereocenters. The maximum atomic E-state index is 3.63. The van der Waals surface area contributed by atoms with Gasteiger partial charge < -0.3 is 5.32 Å². The minimum Gasteiger partial charge on any atom is -0.314 e. The lowest BCUT2D eigenvalue weighted by Gasteiger charge is -2.29. The molecule has 3 rings (SSSR count). The average Bonchev–Trinajstić information content (AvgIpc) is 2.83. The maximum absolute atomic E-state index is 3.63. The van der Waals surface area contributed by atoms with E-state index in [1.54, 1.807) is 5.56 Å². The van der Waals surface area contributed by atoms with Gasteiger partial charge in [0.15, 0.2) is 0 Å². The minimum atomic E-state index is 0.758. The standard InChI is InChI=1S/C17H23NS/c1-2-18-15-7-5-6-13(11-15)10-14-12-19-17-9-4-3-8-16(14)17/h3-4,8-9,12-13,15,18H,2,5-7,10-11H2,1H3. The summed E-state index contributed by atoms with van der Waals surface area (Å²) in [6.45, 7) is 3.33. The van der Waals surface area contributed by atoms with Crippen LogP contribution in [0.25, 0.3) is 10.1 Å². The lowest BCUT2D eigenvalue weighted by atomic mass is 9.82. The molecule has 1 N–H and O–H groups in total. The maximum Gasteiger partial charge on any atom is 0.0345 e. The van der Waals surface area contributed by atoms with Crippen LogP contribution in [0.2, 0.25) is 0 Å². The highest BCUT2D eigenvalue weighted by atomic mass is 32.1. The third kappa shape index (κ3) is 3.01. The summed E-state index contributed by atoms with van der Waals surface area (Å²) in [6.07, 6.45) is 6.80. The van der Waals surface area contributed by atoms with Crippen LogP contribution in [0.3, 0.4) is 0 Å². The van der Waals surface area contributed by atoms with Crippen molar-refractivity contribution >= 4 is 21.4 Å². The first-order chi connectivity index (χ1) is 9.36. The van der Waals surface area contributed by atoms with Gasteiger partial charge in [0.25, 0.3) is 0 Å². The fourth-order valence-electron chi connectivity index (χ4n) is 3.45. The predicted octanol–water partition coefficient (Wildman–Crippen LogP) is 4.61. The number of hydrogen-bond donors (Lipinski definition) is 1. The zero-order chi connectivity index (χ0) is 13.1. The van der Waals surface area contributed by atoms with Gasteiger partial charge in [-0.15, -0.1) is 11.3 Å². The normalized spacial score (nSPS) is 23.8. The van der Waals surface area contributed by atoms with Crippen molar-refractivity contribution in [3.63, 3.8) is 0 Å². The molecule has 0 spiro atoms. The Balaban J connectivity index is 1.70. The highest BCUT2D eigenvalue weighted by Gasteiger charge is 2.22. The molecule has 2 aromatic rings. The molecule has 2 heteroatoms. The molecular weight excluding hydrogens is 250 g/mol. The van der Waals surface area contributed by atoms with E-state index in [2.05, 4.69) is 41.9 Å². The Morgan fingerprint density at radius 3 is 3.05 bits per heavy atom. The smallest absolute Gasteiger partial charge is 0.0345 e. The van der Waals surface area contributed by atoms with E-state index in [4.69, 9.17) is 0 Å². The van der Waals surface area contributed by atoms with Crippen LogP contribution < -0.4 is 5.32 Å². The third-order valence-corrected chi connectivity index (χ3v) is 5.36. The van der Waals surface area contributed by atoms with Gasteiger partial charge in [-0.1, -0.05) is 38.0 Å². The van der Waals surface area contributed by atoms with Crippen molar-refractivity contribution in [3.05, 3.63) is 35.2 Å². The highest BCUT2D eigenvalue weighted by molar-refractivity contribution is 7.17. The van der Waals surface area contributed by atoms with Gasteiger partial charge in [-0.25, -0.2) is 0 Å². The van der Waals surface area contributed by atoms with E-state index in [1.165, 1.54) is 42.2 Å². The monoisotopic (exact) mass is 273 g/mol. The molecule has 102 valence electrons. The molecule has 2 unspecified atom stereocenters. The predicted molar refractivity (Wildman–Crippen MR) is 85.0 cm³/mol. The molecule has 1 aliphatic carbocycles. The number of hydrogen-bond acceptors (Lipinski definition) is 2. The summed E-state index contributed by atoms with van der Waals surface area (Å²) < 4.78 is 1.44. The molecule has 1 nitrogen and oxygen atoms in total.